The Labute approximate surface area is 182 Å². The fourth-order valence-electron chi connectivity index (χ4n) is 3.03. The van der Waals surface area contributed by atoms with E-state index >= 15 is 0 Å². The van der Waals surface area contributed by atoms with E-state index in [1.54, 1.807) is 61.7 Å². The molecular formula is C22H19N5O5. The zero-order valence-corrected chi connectivity index (χ0v) is 17.0. The molecule has 1 heterocycles. The standard InChI is InChI=1S/C22H19N5O5/c1-31-17-4-2-3-15(11-17)23-22(28)24-21-19-12-18(9-10-20(19)25-26-21)32-13-14-5-7-16(8-6-14)27(29)30/h2-12H,13H2,1H3,(H3,23,24,25,26,28). The first-order valence-electron chi connectivity index (χ1n) is 9.58. The van der Waals surface area contributed by atoms with Gasteiger partial charge in [0.2, 0.25) is 0 Å². The Bertz CT molecular complexity index is 1270. The SMILES string of the molecule is COc1cccc(NC(=O)Nc2n[nH]c3ccc(OCc4ccc([N+](=O)[O-])cc4)cc23)c1. The van der Waals surface area contributed by atoms with Crippen molar-refractivity contribution in [3.63, 3.8) is 0 Å². The molecule has 0 aliphatic carbocycles. The van der Waals surface area contributed by atoms with Crippen LogP contribution in [-0.2, 0) is 6.61 Å². The van der Waals surface area contributed by atoms with Crippen LogP contribution in [0.1, 0.15) is 5.56 Å². The number of fused-ring (bicyclic) bond motifs is 1. The topological polar surface area (TPSA) is 131 Å². The maximum Gasteiger partial charge on any atom is 0.324 e. The summed E-state index contributed by atoms with van der Waals surface area (Å²) in [6, 6.07) is 18.0. The number of carbonyl (C=O) groups is 1. The van der Waals surface area contributed by atoms with Gasteiger partial charge in [-0.05, 0) is 48.0 Å². The molecule has 0 spiro atoms. The number of anilines is 2. The van der Waals surface area contributed by atoms with Gasteiger partial charge in [0, 0.05) is 29.3 Å². The maximum absolute atomic E-state index is 12.4. The van der Waals surface area contributed by atoms with Gasteiger partial charge in [0.1, 0.15) is 18.1 Å². The van der Waals surface area contributed by atoms with Gasteiger partial charge in [-0.1, -0.05) is 6.07 Å². The third-order valence-electron chi connectivity index (χ3n) is 4.65. The third kappa shape index (κ3) is 4.75. The van der Waals surface area contributed by atoms with Gasteiger partial charge in [0.05, 0.1) is 17.5 Å². The molecule has 3 aromatic carbocycles. The number of amides is 2. The molecule has 10 heteroatoms. The molecule has 2 amide bonds. The molecule has 32 heavy (non-hydrogen) atoms. The number of non-ortho nitro benzene ring substituents is 1. The van der Waals surface area contributed by atoms with Gasteiger partial charge >= 0.3 is 6.03 Å². The normalized spacial score (nSPS) is 10.5. The van der Waals surface area contributed by atoms with Crippen molar-refractivity contribution in [1.29, 1.82) is 0 Å². The minimum absolute atomic E-state index is 0.0245. The molecule has 10 nitrogen and oxygen atoms in total. The lowest BCUT2D eigenvalue weighted by molar-refractivity contribution is -0.384. The number of aromatic nitrogens is 2. The molecule has 162 valence electrons. The Morgan fingerprint density at radius 1 is 1.06 bits per heavy atom. The summed E-state index contributed by atoms with van der Waals surface area (Å²) in [4.78, 5) is 22.7. The first-order chi connectivity index (χ1) is 15.5. The number of nitrogens with one attached hydrogen (secondary N) is 3. The molecule has 0 aliphatic rings. The third-order valence-corrected chi connectivity index (χ3v) is 4.65. The van der Waals surface area contributed by atoms with Crippen LogP contribution in [0, 0.1) is 10.1 Å². The van der Waals surface area contributed by atoms with E-state index in [-0.39, 0.29) is 12.3 Å². The van der Waals surface area contributed by atoms with Crippen LogP contribution in [-0.4, -0.2) is 28.3 Å². The second-order valence-electron chi connectivity index (χ2n) is 6.80. The second-order valence-corrected chi connectivity index (χ2v) is 6.80. The number of ether oxygens (including phenoxy) is 2. The molecule has 0 atom stereocenters. The van der Waals surface area contributed by atoms with Gasteiger partial charge in [0.15, 0.2) is 5.82 Å². The minimum Gasteiger partial charge on any atom is -0.497 e. The zero-order valence-electron chi connectivity index (χ0n) is 17.0. The van der Waals surface area contributed by atoms with Crippen molar-refractivity contribution in [2.24, 2.45) is 0 Å². The molecule has 0 saturated heterocycles. The predicted molar refractivity (Wildman–Crippen MR) is 119 cm³/mol. The van der Waals surface area contributed by atoms with Crippen molar-refractivity contribution in [1.82, 2.24) is 10.2 Å². The quantitative estimate of drug-likeness (QED) is 0.286. The summed E-state index contributed by atoms with van der Waals surface area (Å²) in [6.45, 7) is 0.237. The van der Waals surface area contributed by atoms with E-state index in [0.717, 1.165) is 11.1 Å². The van der Waals surface area contributed by atoms with Gasteiger partial charge in [0.25, 0.3) is 5.69 Å². The van der Waals surface area contributed by atoms with E-state index in [9.17, 15) is 14.9 Å². The number of rotatable bonds is 7. The Kier molecular flexibility index (Phi) is 5.84. The van der Waals surface area contributed by atoms with E-state index in [1.165, 1.54) is 12.1 Å². The molecule has 0 unspecified atom stereocenters. The lowest BCUT2D eigenvalue weighted by Gasteiger charge is -2.08. The molecule has 0 radical (unpaired) electrons. The van der Waals surface area contributed by atoms with Gasteiger partial charge in [-0.2, -0.15) is 5.10 Å². The highest BCUT2D eigenvalue weighted by molar-refractivity contribution is 6.04. The van der Waals surface area contributed by atoms with Crippen molar-refractivity contribution in [3.05, 3.63) is 82.4 Å². The molecule has 3 N–H and O–H groups in total. The van der Waals surface area contributed by atoms with Crippen molar-refractivity contribution in [2.75, 3.05) is 17.7 Å². The lowest BCUT2D eigenvalue weighted by Crippen LogP contribution is -2.19. The van der Waals surface area contributed by atoms with Crippen molar-refractivity contribution < 1.29 is 19.2 Å². The summed E-state index contributed by atoms with van der Waals surface area (Å²) in [6.07, 6.45) is 0. The zero-order chi connectivity index (χ0) is 22.5. The highest BCUT2D eigenvalue weighted by atomic mass is 16.6. The number of hydrogen-bond acceptors (Lipinski definition) is 6. The van der Waals surface area contributed by atoms with Crippen LogP contribution in [0.15, 0.2) is 66.7 Å². The van der Waals surface area contributed by atoms with E-state index in [4.69, 9.17) is 9.47 Å². The lowest BCUT2D eigenvalue weighted by atomic mass is 10.2. The smallest absolute Gasteiger partial charge is 0.324 e. The fourth-order valence-corrected chi connectivity index (χ4v) is 3.03. The van der Waals surface area contributed by atoms with Crippen LogP contribution in [0.4, 0.5) is 22.0 Å². The predicted octanol–water partition coefficient (Wildman–Crippen LogP) is 4.70. The van der Waals surface area contributed by atoms with E-state index in [0.29, 0.717) is 28.4 Å². The van der Waals surface area contributed by atoms with Gasteiger partial charge in [-0.3, -0.25) is 20.5 Å². The minimum atomic E-state index is -0.455. The van der Waals surface area contributed by atoms with Crippen molar-refractivity contribution in [3.8, 4) is 11.5 Å². The summed E-state index contributed by atoms with van der Waals surface area (Å²) in [5, 5.41) is 23.9. The average molecular weight is 433 g/mol. The molecular weight excluding hydrogens is 414 g/mol. The van der Waals surface area contributed by atoms with Crippen LogP contribution >= 0.6 is 0 Å². The second kappa shape index (κ2) is 9.04. The van der Waals surface area contributed by atoms with Crippen LogP contribution in [0.5, 0.6) is 11.5 Å². The van der Waals surface area contributed by atoms with E-state index < -0.39 is 11.0 Å². The van der Waals surface area contributed by atoms with E-state index in [1.807, 2.05) is 0 Å². The Balaban J connectivity index is 1.43. The number of H-pyrrole nitrogens is 1. The number of nitro groups is 1. The first kappa shape index (κ1) is 20.7. The number of nitrogens with zero attached hydrogens (tertiary/aromatic N) is 2. The summed E-state index contributed by atoms with van der Waals surface area (Å²) in [5.74, 6) is 1.54. The van der Waals surface area contributed by atoms with Crippen LogP contribution in [0.25, 0.3) is 10.9 Å². The molecule has 1 aromatic heterocycles. The average Bonchev–Trinajstić information content (AvgIpc) is 3.19. The molecule has 4 rings (SSSR count). The largest absolute Gasteiger partial charge is 0.497 e. The number of nitro benzene ring substituents is 1. The van der Waals surface area contributed by atoms with Crippen LogP contribution in [0.3, 0.4) is 0 Å². The monoisotopic (exact) mass is 433 g/mol. The fraction of sp³-hybridized carbons (Fsp3) is 0.0909. The first-order valence-corrected chi connectivity index (χ1v) is 9.58. The molecule has 0 aliphatic heterocycles. The Hall–Kier alpha value is -4.60. The van der Waals surface area contributed by atoms with Crippen LogP contribution < -0.4 is 20.1 Å². The van der Waals surface area contributed by atoms with E-state index in [2.05, 4.69) is 20.8 Å². The number of hydrogen-bond donors (Lipinski definition) is 3. The number of urea groups is 1. The Morgan fingerprint density at radius 3 is 2.62 bits per heavy atom. The van der Waals surface area contributed by atoms with Gasteiger partial charge in [-0.15, -0.1) is 0 Å². The molecule has 4 aromatic rings. The molecule has 0 saturated carbocycles. The summed E-state index contributed by atoms with van der Waals surface area (Å²) in [5.41, 5.74) is 2.12. The van der Waals surface area contributed by atoms with Crippen LogP contribution in [0.2, 0.25) is 0 Å². The van der Waals surface area contributed by atoms with Gasteiger partial charge in [-0.25, -0.2) is 4.79 Å². The molecule has 0 fully saturated rings. The van der Waals surface area contributed by atoms with Crippen molar-refractivity contribution >= 4 is 34.1 Å². The summed E-state index contributed by atoms with van der Waals surface area (Å²) in [7, 11) is 1.55. The Morgan fingerprint density at radius 2 is 1.88 bits per heavy atom. The van der Waals surface area contributed by atoms with Crippen molar-refractivity contribution in [2.45, 2.75) is 6.61 Å². The summed E-state index contributed by atoms with van der Waals surface area (Å²) < 4.78 is 10.9. The van der Waals surface area contributed by atoms with Gasteiger partial charge < -0.3 is 14.8 Å². The summed E-state index contributed by atoms with van der Waals surface area (Å²) >= 11 is 0. The number of methoxy groups -OCH3 is 1. The number of benzene rings is 3. The maximum atomic E-state index is 12.4. The number of carbonyl (C=O) groups excluding carboxylic acids is 1. The number of aromatic amines is 1. The highest BCUT2D eigenvalue weighted by Gasteiger charge is 2.11. The molecule has 0 bridgehead atoms. The highest BCUT2D eigenvalue weighted by Crippen LogP contribution is 2.26.